The molecule has 2 amide bonds. The first-order valence-corrected chi connectivity index (χ1v) is 10.9. The molecular formula is C18H21ClN2O5S. The molecule has 0 aliphatic carbocycles. The Bertz CT molecular complexity index is 895. The zero-order chi connectivity index (χ0) is 19.8. The molecule has 146 valence electrons. The van der Waals surface area contributed by atoms with Crippen LogP contribution in [0.1, 0.15) is 31.9 Å². The summed E-state index contributed by atoms with van der Waals surface area (Å²) in [4.78, 5) is 26.8. The highest BCUT2D eigenvalue weighted by atomic mass is 35.5. The van der Waals surface area contributed by atoms with Crippen molar-refractivity contribution in [3.63, 3.8) is 0 Å². The van der Waals surface area contributed by atoms with Crippen LogP contribution in [0.25, 0.3) is 0 Å². The molecule has 2 aliphatic heterocycles. The average Bonchev–Trinajstić information content (AvgIpc) is 2.94. The van der Waals surface area contributed by atoms with Crippen molar-refractivity contribution in [3.05, 3.63) is 46.1 Å². The predicted octanol–water partition coefficient (Wildman–Crippen LogP) is 2.43. The fraction of sp³-hybridized carbons (Fsp3) is 0.444. The van der Waals surface area contributed by atoms with Gasteiger partial charge >= 0.3 is 12.0 Å². The van der Waals surface area contributed by atoms with Crippen molar-refractivity contribution >= 4 is 33.4 Å². The van der Waals surface area contributed by atoms with E-state index in [4.69, 9.17) is 16.3 Å². The number of sulfone groups is 1. The summed E-state index contributed by atoms with van der Waals surface area (Å²) in [7, 11) is -3.19. The monoisotopic (exact) mass is 412 g/mol. The van der Waals surface area contributed by atoms with Crippen LogP contribution in [-0.4, -0.2) is 49.5 Å². The summed E-state index contributed by atoms with van der Waals surface area (Å²) in [6.07, 6.45) is 0.342. The lowest BCUT2D eigenvalue weighted by Gasteiger charge is -2.38. The molecule has 1 N–H and O–H groups in total. The van der Waals surface area contributed by atoms with Crippen LogP contribution < -0.4 is 5.32 Å². The largest absolute Gasteiger partial charge is 0.463 e. The molecule has 1 aromatic carbocycles. The summed E-state index contributed by atoms with van der Waals surface area (Å²) < 4.78 is 28.9. The normalized spacial score (nSPS) is 24.7. The zero-order valence-electron chi connectivity index (χ0n) is 15.1. The number of carbonyl (C=O) groups is 2. The van der Waals surface area contributed by atoms with Crippen LogP contribution in [0.2, 0.25) is 5.02 Å². The van der Waals surface area contributed by atoms with E-state index in [-0.39, 0.29) is 18.1 Å². The predicted molar refractivity (Wildman–Crippen MR) is 101 cm³/mol. The van der Waals surface area contributed by atoms with E-state index in [1.165, 1.54) is 4.90 Å². The third-order valence-corrected chi connectivity index (χ3v) is 6.80. The number of nitrogens with one attached hydrogen (secondary N) is 1. The molecule has 0 unspecified atom stereocenters. The van der Waals surface area contributed by atoms with Crippen molar-refractivity contribution in [2.75, 3.05) is 18.1 Å². The first-order chi connectivity index (χ1) is 12.7. The Morgan fingerprint density at radius 2 is 2.00 bits per heavy atom. The maximum atomic E-state index is 12.8. The van der Waals surface area contributed by atoms with Gasteiger partial charge in [0.15, 0.2) is 9.84 Å². The number of nitrogens with zero attached hydrogens (tertiary/aromatic N) is 1. The summed E-state index contributed by atoms with van der Waals surface area (Å²) in [5.41, 5.74) is 1.40. The smallest absolute Gasteiger partial charge is 0.338 e. The molecule has 3 rings (SSSR count). The topological polar surface area (TPSA) is 92.8 Å². The number of benzene rings is 1. The maximum absolute atomic E-state index is 12.8. The van der Waals surface area contributed by atoms with Gasteiger partial charge < -0.3 is 10.1 Å². The number of esters is 1. The van der Waals surface area contributed by atoms with Crippen LogP contribution >= 0.6 is 11.6 Å². The van der Waals surface area contributed by atoms with Gasteiger partial charge in [-0.2, -0.15) is 0 Å². The fourth-order valence-electron chi connectivity index (χ4n) is 3.55. The minimum atomic E-state index is -3.19. The van der Waals surface area contributed by atoms with Gasteiger partial charge in [0, 0.05) is 10.7 Å². The highest BCUT2D eigenvalue weighted by molar-refractivity contribution is 7.91. The van der Waals surface area contributed by atoms with Crippen LogP contribution in [0.4, 0.5) is 4.79 Å². The van der Waals surface area contributed by atoms with Gasteiger partial charge in [-0.25, -0.2) is 18.0 Å². The molecule has 0 bridgehead atoms. The minimum absolute atomic E-state index is 0.0318. The second-order valence-corrected chi connectivity index (χ2v) is 9.25. The molecule has 2 heterocycles. The van der Waals surface area contributed by atoms with Gasteiger partial charge in [-0.1, -0.05) is 23.7 Å². The highest BCUT2D eigenvalue weighted by Gasteiger charge is 2.42. The molecular weight excluding hydrogens is 392 g/mol. The SMILES string of the molecule is CCOC(=O)C1=C(C)N([C@@H]2CCS(=O)(=O)C2)C(=O)N[C@@H]1c1ccc(Cl)cc1. The number of ether oxygens (including phenoxy) is 1. The van der Waals surface area contributed by atoms with E-state index in [1.807, 2.05) is 0 Å². The van der Waals surface area contributed by atoms with E-state index < -0.39 is 33.9 Å². The number of carbonyl (C=O) groups excluding carboxylic acids is 2. The molecule has 1 saturated heterocycles. The molecule has 1 aromatic rings. The van der Waals surface area contributed by atoms with Crippen LogP contribution in [0.5, 0.6) is 0 Å². The van der Waals surface area contributed by atoms with Crippen molar-refractivity contribution in [2.45, 2.75) is 32.4 Å². The molecule has 27 heavy (non-hydrogen) atoms. The van der Waals surface area contributed by atoms with E-state index in [0.29, 0.717) is 28.3 Å². The van der Waals surface area contributed by atoms with Gasteiger partial charge in [-0.05, 0) is 38.0 Å². The van der Waals surface area contributed by atoms with Crippen molar-refractivity contribution < 1.29 is 22.7 Å². The van der Waals surface area contributed by atoms with Crippen LogP contribution in [0, 0.1) is 0 Å². The van der Waals surface area contributed by atoms with Gasteiger partial charge in [0.05, 0.1) is 35.8 Å². The van der Waals surface area contributed by atoms with E-state index >= 15 is 0 Å². The fourth-order valence-corrected chi connectivity index (χ4v) is 5.38. The first-order valence-electron chi connectivity index (χ1n) is 8.67. The second-order valence-electron chi connectivity index (χ2n) is 6.58. The molecule has 0 radical (unpaired) electrons. The van der Waals surface area contributed by atoms with Crippen molar-refractivity contribution in [1.82, 2.24) is 10.2 Å². The zero-order valence-corrected chi connectivity index (χ0v) is 16.6. The Morgan fingerprint density at radius 3 is 2.56 bits per heavy atom. The third kappa shape index (κ3) is 3.96. The molecule has 7 nitrogen and oxygen atoms in total. The maximum Gasteiger partial charge on any atom is 0.338 e. The molecule has 0 spiro atoms. The van der Waals surface area contributed by atoms with Gasteiger partial charge in [-0.3, -0.25) is 4.90 Å². The van der Waals surface area contributed by atoms with E-state index in [9.17, 15) is 18.0 Å². The standard InChI is InChI=1S/C18H21ClN2O5S/c1-3-26-17(22)15-11(2)21(14-8-9-27(24,25)10-14)18(23)20-16(15)12-4-6-13(19)7-5-12/h4-7,14,16H,3,8-10H2,1-2H3,(H,20,23)/t14-,16-/m1/s1. The van der Waals surface area contributed by atoms with Gasteiger partial charge in [0.25, 0.3) is 0 Å². The lowest BCUT2D eigenvalue weighted by atomic mass is 9.94. The van der Waals surface area contributed by atoms with Crippen LogP contribution in [-0.2, 0) is 19.4 Å². The molecule has 9 heteroatoms. The average molecular weight is 413 g/mol. The Labute approximate surface area is 163 Å². The number of urea groups is 1. The molecule has 0 aromatic heterocycles. The Balaban J connectivity index is 2.05. The number of amides is 2. The van der Waals surface area contributed by atoms with Crippen molar-refractivity contribution in [1.29, 1.82) is 0 Å². The second kappa shape index (κ2) is 7.52. The molecule has 1 fully saturated rings. The number of halogens is 1. The van der Waals surface area contributed by atoms with Gasteiger partial charge in [0.1, 0.15) is 0 Å². The summed E-state index contributed by atoms with van der Waals surface area (Å²) in [6, 6.07) is 5.20. The summed E-state index contributed by atoms with van der Waals surface area (Å²) in [5, 5.41) is 3.36. The van der Waals surface area contributed by atoms with Crippen LogP contribution in [0.15, 0.2) is 35.5 Å². The Morgan fingerprint density at radius 1 is 1.33 bits per heavy atom. The summed E-state index contributed by atoms with van der Waals surface area (Å²) in [6.45, 7) is 3.54. The van der Waals surface area contributed by atoms with Crippen LogP contribution in [0.3, 0.4) is 0 Å². The summed E-state index contributed by atoms with van der Waals surface area (Å²) in [5.74, 6) is -0.621. The van der Waals surface area contributed by atoms with E-state index in [1.54, 1.807) is 38.1 Å². The van der Waals surface area contributed by atoms with E-state index in [2.05, 4.69) is 5.32 Å². The summed E-state index contributed by atoms with van der Waals surface area (Å²) >= 11 is 5.94. The quantitative estimate of drug-likeness (QED) is 0.766. The van der Waals surface area contributed by atoms with E-state index in [0.717, 1.165) is 0 Å². The molecule has 2 atom stereocenters. The minimum Gasteiger partial charge on any atom is -0.463 e. The van der Waals surface area contributed by atoms with Crippen molar-refractivity contribution in [2.24, 2.45) is 0 Å². The number of hydrogen-bond donors (Lipinski definition) is 1. The number of allylic oxidation sites excluding steroid dienone is 1. The molecule has 2 aliphatic rings. The van der Waals surface area contributed by atoms with Gasteiger partial charge in [-0.15, -0.1) is 0 Å². The number of rotatable bonds is 4. The third-order valence-electron chi connectivity index (χ3n) is 4.80. The number of hydrogen-bond acceptors (Lipinski definition) is 5. The molecule has 0 saturated carbocycles. The lowest BCUT2D eigenvalue weighted by Crippen LogP contribution is -2.52. The lowest BCUT2D eigenvalue weighted by molar-refractivity contribution is -0.139. The van der Waals surface area contributed by atoms with Crippen molar-refractivity contribution in [3.8, 4) is 0 Å². The Kier molecular flexibility index (Phi) is 5.48. The van der Waals surface area contributed by atoms with Gasteiger partial charge in [0.2, 0.25) is 0 Å². The highest BCUT2D eigenvalue weighted by Crippen LogP contribution is 2.34. The Hall–Kier alpha value is -2.06. The first kappa shape index (κ1) is 19.7.